The molecule has 0 aromatic heterocycles. The Kier molecular flexibility index (Phi) is 9.19. The molecular formula is C27H30FN3O4S. The van der Waals surface area contributed by atoms with E-state index in [1.165, 1.54) is 17.0 Å². The molecule has 3 aromatic carbocycles. The second-order valence-corrected chi connectivity index (χ2v) is 10.2. The summed E-state index contributed by atoms with van der Waals surface area (Å²) in [6.07, 6.45) is 1.19. The molecule has 0 aliphatic rings. The largest absolute Gasteiger partial charge is 0.355 e. The van der Waals surface area contributed by atoms with E-state index in [4.69, 9.17) is 0 Å². The highest BCUT2D eigenvalue weighted by Gasteiger charge is 2.33. The van der Waals surface area contributed by atoms with Crippen molar-refractivity contribution in [3.63, 3.8) is 0 Å². The van der Waals surface area contributed by atoms with Gasteiger partial charge in [0.05, 0.1) is 11.9 Å². The van der Waals surface area contributed by atoms with Crippen LogP contribution in [0.3, 0.4) is 0 Å². The summed E-state index contributed by atoms with van der Waals surface area (Å²) < 4.78 is 40.8. The Morgan fingerprint density at radius 3 is 2.08 bits per heavy atom. The van der Waals surface area contributed by atoms with Crippen molar-refractivity contribution in [1.82, 2.24) is 10.2 Å². The van der Waals surface area contributed by atoms with Crippen LogP contribution in [0.1, 0.15) is 18.1 Å². The fourth-order valence-corrected chi connectivity index (χ4v) is 4.71. The maximum Gasteiger partial charge on any atom is 0.244 e. The second kappa shape index (κ2) is 12.3. The van der Waals surface area contributed by atoms with Crippen molar-refractivity contribution < 1.29 is 22.4 Å². The van der Waals surface area contributed by atoms with Gasteiger partial charge in [-0.1, -0.05) is 66.7 Å². The van der Waals surface area contributed by atoms with Crippen LogP contribution in [0, 0.1) is 5.82 Å². The number of carbonyl (C=O) groups is 2. The van der Waals surface area contributed by atoms with Crippen LogP contribution in [0.5, 0.6) is 0 Å². The molecule has 0 heterocycles. The van der Waals surface area contributed by atoms with Crippen LogP contribution < -0.4 is 9.62 Å². The van der Waals surface area contributed by atoms with Gasteiger partial charge in [0.2, 0.25) is 21.8 Å². The van der Waals surface area contributed by atoms with Crippen LogP contribution in [0.2, 0.25) is 0 Å². The van der Waals surface area contributed by atoms with Gasteiger partial charge in [0.25, 0.3) is 0 Å². The lowest BCUT2D eigenvalue weighted by atomic mass is 10.0. The van der Waals surface area contributed by atoms with Gasteiger partial charge in [0.1, 0.15) is 18.4 Å². The van der Waals surface area contributed by atoms with E-state index in [0.717, 1.165) is 16.1 Å². The first-order chi connectivity index (χ1) is 17.2. The van der Waals surface area contributed by atoms with E-state index in [1.807, 2.05) is 30.3 Å². The molecule has 0 radical (unpaired) electrons. The molecule has 0 unspecified atom stereocenters. The Morgan fingerprint density at radius 2 is 1.50 bits per heavy atom. The highest BCUT2D eigenvalue weighted by atomic mass is 32.2. The van der Waals surface area contributed by atoms with Gasteiger partial charge in [-0.3, -0.25) is 13.9 Å². The number of likely N-dealkylation sites (N-methyl/N-ethyl adjacent to an activating group) is 1. The third-order valence-electron chi connectivity index (χ3n) is 5.64. The lowest BCUT2D eigenvalue weighted by molar-refractivity contribution is -0.140. The summed E-state index contributed by atoms with van der Waals surface area (Å²) in [5.74, 6) is -1.55. The van der Waals surface area contributed by atoms with E-state index < -0.39 is 40.2 Å². The smallest absolute Gasteiger partial charge is 0.244 e. The number of amides is 2. The number of sulfonamides is 1. The molecule has 1 N–H and O–H groups in total. The van der Waals surface area contributed by atoms with Gasteiger partial charge in [-0.25, -0.2) is 12.8 Å². The SMILES string of the molecule is CCNC(=O)[C@H](Cc1ccccc1)N(Cc1ccccc1F)C(=O)CN(c1ccccc1)S(C)(=O)=O. The molecule has 0 aliphatic carbocycles. The Balaban J connectivity index is 2.03. The number of benzene rings is 3. The molecule has 190 valence electrons. The fraction of sp³-hybridized carbons (Fsp3) is 0.259. The van der Waals surface area contributed by atoms with Crippen LogP contribution in [-0.2, 0) is 32.6 Å². The molecule has 2 amide bonds. The van der Waals surface area contributed by atoms with E-state index in [1.54, 1.807) is 49.4 Å². The minimum Gasteiger partial charge on any atom is -0.355 e. The van der Waals surface area contributed by atoms with Gasteiger partial charge in [-0.05, 0) is 30.7 Å². The molecule has 9 heteroatoms. The number of para-hydroxylation sites is 1. The van der Waals surface area contributed by atoms with E-state index in [0.29, 0.717) is 12.2 Å². The van der Waals surface area contributed by atoms with Crippen molar-refractivity contribution >= 4 is 27.5 Å². The van der Waals surface area contributed by atoms with Gasteiger partial charge in [0, 0.05) is 25.1 Å². The Hall–Kier alpha value is -3.72. The average Bonchev–Trinajstić information content (AvgIpc) is 2.86. The minimum absolute atomic E-state index is 0.178. The molecule has 0 saturated carbocycles. The summed E-state index contributed by atoms with van der Waals surface area (Å²) >= 11 is 0. The van der Waals surface area contributed by atoms with Crippen LogP contribution in [0.4, 0.5) is 10.1 Å². The first kappa shape index (κ1) is 26.9. The van der Waals surface area contributed by atoms with E-state index in [-0.39, 0.29) is 18.5 Å². The van der Waals surface area contributed by atoms with Crippen molar-refractivity contribution in [2.24, 2.45) is 0 Å². The van der Waals surface area contributed by atoms with Crippen molar-refractivity contribution in [1.29, 1.82) is 0 Å². The summed E-state index contributed by atoms with van der Waals surface area (Å²) in [5, 5.41) is 2.76. The summed E-state index contributed by atoms with van der Waals surface area (Å²) in [5.41, 5.74) is 1.35. The summed E-state index contributed by atoms with van der Waals surface area (Å²) in [6.45, 7) is 1.36. The molecule has 1 atom stereocenters. The number of rotatable bonds is 11. The second-order valence-electron chi connectivity index (χ2n) is 8.32. The number of hydrogen-bond acceptors (Lipinski definition) is 4. The van der Waals surface area contributed by atoms with Crippen molar-refractivity contribution in [3.05, 3.63) is 102 Å². The number of halogens is 1. The monoisotopic (exact) mass is 511 g/mol. The van der Waals surface area contributed by atoms with Crippen LogP contribution >= 0.6 is 0 Å². The van der Waals surface area contributed by atoms with Gasteiger partial charge >= 0.3 is 0 Å². The highest BCUT2D eigenvalue weighted by molar-refractivity contribution is 7.92. The van der Waals surface area contributed by atoms with Crippen LogP contribution in [0.15, 0.2) is 84.9 Å². The standard InChI is InChI=1S/C27H30FN3O4S/c1-3-29-27(33)25(18-21-12-6-4-7-13-21)30(19-22-14-10-11-17-24(22)28)26(32)20-31(36(2,34)35)23-15-8-5-9-16-23/h4-17,25H,3,18-20H2,1-2H3,(H,29,33)/t25-/m0/s1. The molecule has 0 saturated heterocycles. The van der Waals surface area contributed by atoms with Crippen molar-refractivity contribution in [3.8, 4) is 0 Å². The number of nitrogens with zero attached hydrogens (tertiary/aromatic N) is 2. The topological polar surface area (TPSA) is 86.8 Å². The lowest BCUT2D eigenvalue weighted by Gasteiger charge is -2.33. The maximum absolute atomic E-state index is 14.6. The Morgan fingerprint density at radius 1 is 0.917 bits per heavy atom. The normalized spacial score (nSPS) is 12.0. The summed E-state index contributed by atoms with van der Waals surface area (Å²) in [7, 11) is -3.83. The van der Waals surface area contributed by atoms with Gasteiger partial charge in [-0.2, -0.15) is 0 Å². The van der Waals surface area contributed by atoms with Crippen molar-refractivity contribution in [2.75, 3.05) is 23.7 Å². The zero-order valence-corrected chi connectivity index (χ0v) is 21.1. The van der Waals surface area contributed by atoms with Crippen LogP contribution in [-0.4, -0.2) is 50.5 Å². The van der Waals surface area contributed by atoms with Gasteiger partial charge in [0.15, 0.2) is 0 Å². The molecule has 7 nitrogen and oxygen atoms in total. The maximum atomic E-state index is 14.6. The zero-order chi connectivity index (χ0) is 26.1. The Labute approximate surface area is 211 Å². The number of hydrogen-bond donors (Lipinski definition) is 1. The molecule has 3 rings (SSSR count). The fourth-order valence-electron chi connectivity index (χ4n) is 3.86. The quantitative estimate of drug-likeness (QED) is 0.428. The number of anilines is 1. The molecule has 0 aliphatic heterocycles. The first-order valence-electron chi connectivity index (χ1n) is 11.6. The van der Waals surface area contributed by atoms with Crippen molar-refractivity contribution in [2.45, 2.75) is 25.9 Å². The molecular weight excluding hydrogens is 481 g/mol. The van der Waals surface area contributed by atoms with E-state index in [9.17, 15) is 22.4 Å². The molecule has 0 fully saturated rings. The molecule has 0 bridgehead atoms. The zero-order valence-electron chi connectivity index (χ0n) is 20.3. The summed E-state index contributed by atoms with van der Waals surface area (Å²) in [4.78, 5) is 28.2. The Bertz CT molecular complexity index is 1270. The van der Waals surface area contributed by atoms with Gasteiger partial charge in [-0.15, -0.1) is 0 Å². The first-order valence-corrected chi connectivity index (χ1v) is 13.4. The highest BCUT2D eigenvalue weighted by Crippen LogP contribution is 2.20. The molecule has 0 spiro atoms. The minimum atomic E-state index is -3.83. The number of carbonyl (C=O) groups excluding carboxylic acids is 2. The third kappa shape index (κ3) is 7.14. The predicted octanol–water partition coefficient (Wildman–Crippen LogP) is 3.37. The molecule has 3 aromatic rings. The predicted molar refractivity (Wildman–Crippen MR) is 138 cm³/mol. The average molecular weight is 512 g/mol. The van der Waals surface area contributed by atoms with E-state index >= 15 is 0 Å². The van der Waals surface area contributed by atoms with E-state index in [2.05, 4.69) is 5.32 Å². The summed E-state index contributed by atoms with van der Waals surface area (Å²) in [6, 6.07) is 22.4. The number of nitrogens with one attached hydrogen (secondary N) is 1. The third-order valence-corrected chi connectivity index (χ3v) is 6.78. The van der Waals surface area contributed by atoms with Gasteiger partial charge < -0.3 is 10.2 Å². The molecule has 36 heavy (non-hydrogen) atoms. The van der Waals surface area contributed by atoms with Crippen LogP contribution in [0.25, 0.3) is 0 Å². The lowest BCUT2D eigenvalue weighted by Crippen LogP contribution is -2.53.